The predicted molar refractivity (Wildman–Crippen MR) is 63.1 cm³/mol. The number of para-hydroxylation sites is 1. The molecule has 0 fully saturated rings. The van der Waals surface area contributed by atoms with Crippen molar-refractivity contribution in [3.8, 4) is 5.75 Å². The van der Waals surface area contributed by atoms with Gasteiger partial charge in [0.25, 0.3) is 0 Å². The molecule has 2 nitrogen and oxygen atoms in total. The van der Waals surface area contributed by atoms with Gasteiger partial charge in [0.15, 0.2) is 0 Å². The number of rotatable bonds is 0. The van der Waals surface area contributed by atoms with Gasteiger partial charge in [0.1, 0.15) is 16.9 Å². The highest BCUT2D eigenvalue weighted by Gasteiger charge is 2.08. The fourth-order valence-corrected chi connectivity index (χ4v) is 2.06. The van der Waals surface area contributed by atoms with Gasteiger partial charge in [-0.2, -0.15) is 0 Å². The van der Waals surface area contributed by atoms with Crippen LogP contribution >= 0.6 is 15.9 Å². The molecule has 0 aliphatic rings. The molecule has 74 valence electrons. The largest absolute Gasteiger partial charge is 0.507 e. The van der Waals surface area contributed by atoms with Gasteiger partial charge in [0.05, 0.1) is 4.47 Å². The third-order valence-corrected chi connectivity index (χ3v) is 3.08. The van der Waals surface area contributed by atoms with E-state index in [-0.39, 0.29) is 5.75 Å². The van der Waals surface area contributed by atoms with Crippen molar-refractivity contribution in [3.63, 3.8) is 0 Å². The zero-order valence-electron chi connectivity index (χ0n) is 7.70. The number of hydrogen-bond acceptors (Lipinski definition) is 2. The van der Waals surface area contributed by atoms with Crippen molar-refractivity contribution in [1.29, 1.82) is 0 Å². The van der Waals surface area contributed by atoms with Crippen LogP contribution in [0.1, 0.15) is 0 Å². The Kier molecular flexibility index (Phi) is 1.76. The third-order valence-electron chi connectivity index (χ3n) is 2.45. The summed E-state index contributed by atoms with van der Waals surface area (Å²) >= 11 is 3.26. The molecule has 3 aromatic rings. The lowest BCUT2D eigenvalue weighted by atomic mass is 10.1. The number of fused-ring (bicyclic) bond motifs is 3. The Bertz CT molecular complexity index is 655. The Balaban J connectivity index is 2.56. The first-order chi connectivity index (χ1) is 7.25. The Hall–Kier alpha value is -1.48. The van der Waals surface area contributed by atoms with E-state index in [1.807, 2.05) is 24.3 Å². The number of halogens is 1. The number of furan rings is 1. The van der Waals surface area contributed by atoms with Crippen LogP contribution in [0.15, 0.2) is 45.3 Å². The van der Waals surface area contributed by atoms with Gasteiger partial charge in [0, 0.05) is 10.8 Å². The van der Waals surface area contributed by atoms with Crippen LogP contribution in [0.2, 0.25) is 0 Å². The lowest BCUT2D eigenvalue weighted by Gasteiger charge is -1.95. The fraction of sp³-hybridized carbons (Fsp3) is 0. The molecule has 1 heterocycles. The van der Waals surface area contributed by atoms with Crippen LogP contribution in [0.4, 0.5) is 0 Å². The molecule has 0 unspecified atom stereocenters. The molecule has 1 N–H and O–H groups in total. The van der Waals surface area contributed by atoms with Gasteiger partial charge in [-0.05, 0) is 34.1 Å². The molecule has 1 aromatic heterocycles. The molecule has 0 saturated heterocycles. The van der Waals surface area contributed by atoms with Crippen molar-refractivity contribution < 1.29 is 9.52 Å². The smallest absolute Gasteiger partial charge is 0.136 e. The second-order valence-corrected chi connectivity index (χ2v) is 4.25. The zero-order valence-corrected chi connectivity index (χ0v) is 9.28. The molecule has 0 spiro atoms. The van der Waals surface area contributed by atoms with E-state index in [9.17, 15) is 5.11 Å². The average molecular weight is 263 g/mol. The summed E-state index contributed by atoms with van der Waals surface area (Å²) in [4.78, 5) is 0. The number of benzene rings is 2. The maximum Gasteiger partial charge on any atom is 0.136 e. The molecule has 0 aliphatic carbocycles. The van der Waals surface area contributed by atoms with Crippen LogP contribution in [-0.2, 0) is 0 Å². The molecule has 2 aromatic carbocycles. The minimum absolute atomic E-state index is 0.231. The second kappa shape index (κ2) is 3.00. The van der Waals surface area contributed by atoms with Crippen molar-refractivity contribution >= 4 is 37.9 Å². The summed E-state index contributed by atoms with van der Waals surface area (Å²) < 4.78 is 6.29. The summed E-state index contributed by atoms with van der Waals surface area (Å²) in [6.45, 7) is 0. The van der Waals surface area contributed by atoms with Gasteiger partial charge < -0.3 is 9.52 Å². The topological polar surface area (TPSA) is 33.4 Å². The van der Waals surface area contributed by atoms with E-state index < -0.39 is 0 Å². The van der Waals surface area contributed by atoms with E-state index in [1.54, 1.807) is 12.1 Å². The standard InChI is InChI=1S/C12H7BrO2/c13-9-6-12-8(5-10(9)14)7-3-1-2-4-11(7)15-12/h1-6,14H. The molecular weight excluding hydrogens is 256 g/mol. The van der Waals surface area contributed by atoms with E-state index in [0.29, 0.717) is 4.47 Å². The van der Waals surface area contributed by atoms with Crippen LogP contribution in [0.25, 0.3) is 21.9 Å². The average Bonchev–Trinajstić information content (AvgIpc) is 2.57. The SMILES string of the molecule is Oc1cc2c(cc1Br)oc1ccccc12. The van der Waals surface area contributed by atoms with Crippen LogP contribution in [0.3, 0.4) is 0 Å². The van der Waals surface area contributed by atoms with Crippen LogP contribution in [0, 0.1) is 0 Å². The third kappa shape index (κ3) is 1.23. The summed E-state index contributed by atoms with van der Waals surface area (Å²) in [7, 11) is 0. The first-order valence-electron chi connectivity index (χ1n) is 4.55. The fourth-order valence-electron chi connectivity index (χ4n) is 1.74. The van der Waals surface area contributed by atoms with E-state index in [0.717, 1.165) is 21.9 Å². The number of aromatic hydroxyl groups is 1. The summed E-state index contributed by atoms with van der Waals surface area (Å²) in [6, 6.07) is 11.3. The lowest BCUT2D eigenvalue weighted by Crippen LogP contribution is -1.69. The van der Waals surface area contributed by atoms with E-state index in [1.165, 1.54) is 0 Å². The number of phenolic OH excluding ortho intramolecular Hbond substituents is 1. The van der Waals surface area contributed by atoms with Crippen molar-refractivity contribution in [2.45, 2.75) is 0 Å². The Morgan fingerprint density at radius 3 is 2.67 bits per heavy atom. The summed E-state index contributed by atoms with van der Waals surface area (Å²) in [5.74, 6) is 0.231. The molecule has 0 aliphatic heterocycles. The van der Waals surface area contributed by atoms with E-state index in [2.05, 4.69) is 15.9 Å². The zero-order chi connectivity index (χ0) is 10.4. The van der Waals surface area contributed by atoms with Crippen molar-refractivity contribution in [2.75, 3.05) is 0 Å². The molecule has 15 heavy (non-hydrogen) atoms. The molecule has 0 radical (unpaired) electrons. The highest BCUT2D eigenvalue weighted by atomic mass is 79.9. The monoisotopic (exact) mass is 262 g/mol. The quantitative estimate of drug-likeness (QED) is 0.663. The van der Waals surface area contributed by atoms with Gasteiger partial charge in [-0.25, -0.2) is 0 Å². The molecule has 0 saturated carbocycles. The van der Waals surface area contributed by atoms with E-state index >= 15 is 0 Å². The number of phenols is 1. The predicted octanol–water partition coefficient (Wildman–Crippen LogP) is 4.05. The highest BCUT2D eigenvalue weighted by Crippen LogP contribution is 2.35. The molecular formula is C12H7BrO2. The highest BCUT2D eigenvalue weighted by molar-refractivity contribution is 9.10. The molecule has 0 atom stereocenters. The first kappa shape index (κ1) is 8.80. The minimum atomic E-state index is 0.231. The minimum Gasteiger partial charge on any atom is -0.507 e. The number of hydrogen-bond donors (Lipinski definition) is 1. The lowest BCUT2D eigenvalue weighted by molar-refractivity contribution is 0.472. The van der Waals surface area contributed by atoms with Gasteiger partial charge >= 0.3 is 0 Å². The van der Waals surface area contributed by atoms with E-state index in [4.69, 9.17) is 4.42 Å². The summed E-state index contributed by atoms with van der Waals surface area (Å²) in [6.07, 6.45) is 0. The summed E-state index contributed by atoms with van der Waals surface area (Å²) in [5.41, 5.74) is 1.62. The Labute approximate surface area is 94.3 Å². The molecule has 3 heteroatoms. The normalized spacial score (nSPS) is 11.3. The second-order valence-electron chi connectivity index (χ2n) is 3.40. The van der Waals surface area contributed by atoms with Crippen LogP contribution in [-0.4, -0.2) is 5.11 Å². The van der Waals surface area contributed by atoms with Crippen molar-refractivity contribution in [2.24, 2.45) is 0 Å². The van der Waals surface area contributed by atoms with Crippen molar-refractivity contribution in [3.05, 3.63) is 40.9 Å². The van der Waals surface area contributed by atoms with Gasteiger partial charge in [-0.3, -0.25) is 0 Å². The molecule has 0 amide bonds. The Morgan fingerprint density at radius 1 is 1.00 bits per heavy atom. The Morgan fingerprint density at radius 2 is 1.80 bits per heavy atom. The summed E-state index contributed by atoms with van der Waals surface area (Å²) in [5, 5.41) is 11.6. The van der Waals surface area contributed by atoms with Gasteiger partial charge in [-0.15, -0.1) is 0 Å². The maximum absolute atomic E-state index is 9.61. The maximum atomic E-state index is 9.61. The van der Waals surface area contributed by atoms with Gasteiger partial charge in [0.2, 0.25) is 0 Å². The van der Waals surface area contributed by atoms with Crippen LogP contribution in [0.5, 0.6) is 5.75 Å². The molecule has 3 rings (SSSR count). The first-order valence-corrected chi connectivity index (χ1v) is 5.35. The van der Waals surface area contributed by atoms with Crippen LogP contribution < -0.4 is 0 Å². The van der Waals surface area contributed by atoms with Crippen molar-refractivity contribution in [1.82, 2.24) is 0 Å². The van der Waals surface area contributed by atoms with Gasteiger partial charge in [-0.1, -0.05) is 18.2 Å². The molecule has 0 bridgehead atoms.